The fraction of sp³-hybridized carbons (Fsp3) is 0.447. The number of amides is 1. The molecule has 14 heteroatoms. The Morgan fingerprint density at radius 1 is 1.02 bits per heavy atom. The molecule has 1 fully saturated rings. The minimum atomic E-state index is -4.06. The van der Waals surface area contributed by atoms with Gasteiger partial charge in [-0.2, -0.15) is 9.03 Å². The van der Waals surface area contributed by atoms with Gasteiger partial charge in [0.25, 0.3) is 0 Å². The van der Waals surface area contributed by atoms with Gasteiger partial charge in [0.15, 0.2) is 0 Å². The Labute approximate surface area is 307 Å². The normalized spacial score (nSPS) is 17.8. The molecule has 12 nitrogen and oxygen atoms in total. The van der Waals surface area contributed by atoms with Gasteiger partial charge in [-0.1, -0.05) is 62.7 Å². The number of nitrogens with zero attached hydrogens (tertiary/aromatic N) is 2. The van der Waals surface area contributed by atoms with Crippen molar-refractivity contribution in [1.82, 2.24) is 19.2 Å². The number of nitrogen functional groups attached to an aromatic ring is 1. The van der Waals surface area contributed by atoms with Crippen LogP contribution in [0.25, 0.3) is 10.8 Å². The largest absolute Gasteiger partial charge is 0.399 e. The summed E-state index contributed by atoms with van der Waals surface area (Å²) in [5.74, 6) is -0.455. The number of ether oxygens (including phenoxy) is 1. The van der Waals surface area contributed by atoms with E-state index in [0.29, 0.717) is 31.6 Å². The zero-order valence-corrected chi connectivity index (χ0v) is 31.7. The van der Waals surface area contributed by atoms with E-state index in [-0.39, 0.29) is 54.4 Å². The minimum Gasteiger partial charge on any atom is -0.399 e. The molecule has 282 valence electrons. The van der Waals surface area contributed by atoms with Crippen LogP contribution in [0.3, 0.4) is 0 Å². The number of aliphatic hydroxyl groups is 1. The Hall–Kier alpha value is -3.79. The Kier molecular flexibility index (Phi) is 13.2. The zero-order chi connectivity index (χ0) is 37.5. The van der Waals surface area contributed by atoms with Crippen molar-refractivity contribution in [2.45, 2.75) is 69.0 Å². The van der Waals surface area contributed by atoms with Crippen molar-refractivity contribution in [3.05, 3.63) is 95.0 Å². The number of hydrogen-bond donors (Lipinski definition) is 4. The van der Waals surface area contributed by atoms with Gasteiger partial charge < -0.3 is 25.8 Å². The first-order chi connectivity index (χ1) is 24.8. The van der Waals surface area contributed by atoms with Gasteiger partial charge in [0.05, 0.1) is 23.0 Å². The monoisotopic (exact) mass is 753 g/mol. The average Bonchev–Trinajstić information content (AvgIpc) is 3.12. The van der Waals surface area contributed by atoms with Gasteiger partial charge in [0.1, 0.15) is 12.1 Å². The van der Waals surface area contributed by atoms with Crippen LogP contribution in [0.5, 0.6) is 0 Å². The van der Waals surface area contributed by atoms with Crippen LogP contribution in [-0.4, -0.2) is 95.1 Å². The lowest BCUT2D eigenvalue weighted by atomic mass is 10.0. The maximum absolute atomic E-state index is 13.7. The molecule has 0 saturated carbocycles. The van der Waals surface area contributed by atoms with E-state index in [1.54, 1.807) is 12.2 Å². The molecule has 52 heavy (non-hydrogen) atoms. The van der Waals surface area contributed by atoms with E-state index < -0.39 is 38.0 Å². The topological polar surface area (TPSA) is 171 Å². The number of aliphatic hydroxyl groups excluding tert-OH is 1. The van der Waals surface area contributed by atoms with Crippen LogP contribution < -0.4 is 15.8 Å². The highest BCUT2D eigenvalue weighted by Gasteiger charge is 2.34. The van der Waals surface area contributed by atoms with Crippen LogP contribution in [0.1, 0.15) is 45.1 Å². The number of likely N-dealkylation sites (N-methyl/N-ethyl adjacent to an activating group) is 1. The van der Waals surface area contributed by atoms with Gasteiger partial charge in [0, 0.05) is 50.5 Å². The molecule has 1 heterocycles. The van der Waals surface area contributed by atoms with Crippen molar-refractivity contribution in [3.8, 4) is 0 Å². The summed E-state index contributed by atoms with van der Waals surface area (Å²) in [7, 11) is -6.01. The predicted molar refractivity (Wildman–Crippen MR) is 204 cm³/mol. The molecule has 5 N–H and O–H groups in total. The zero-order valence-electron chi connectivity index (χ0n) is 30.1. The molecule has 0 bridgehead atoms. The number of benzene rings is 3. The molecule has 3 aromatic carbocycles. The van der Waals surface area contributed by atoms with Crippen molar-refractivity contribution < 1.29 is 31.5 Å². The number of anilines is 1. The summed E-state index contributed by atoms with van der Waals surface area (Å²) >= 11 is 0. The molecular weight excluding hydrogens is 703 g/mol. The van der Waals surface area contributed by atoms with Gasteiger partial charge in [0.2, 0.25) is 26.0 Å². The highest BCUT2D eigenvalue weighted by Crippen LogP contribution is 2.29. The number of nitrogens with one attached hydrogen (secondary N) is 2. The summed E-state index contributed by atoms with van der Waals surface area (Å²) in [6, 6.07) is 17.9. The first-order valence-electron chi connectivity index (χ1n) is 17.8. The first-order valence-corrected chi connectivity index (χ1v) is 20.7. The number of hydrogen-bond acceptors (Lipinski definition) is 9. The number of carbonyl (C=O) groups is 1. The third kappa shape index (κ3) is 9.79. The molecule has 2 aliphatic rings. The second-order valence-electron chi connectivity index (χ2n) is 13.9. The number of morpholine rings is 1. The number of nitrogens with two attached hydrogens (primary N) is 1. The summed E-state index contributed by atoms with van der Waals surface area (Å²) in [5.41, 5.74) is 7.95. The highest BCUT2D eigenvalue weighted by molar-refractivity contribution is 7.93. The van der Waals surface area contributed by atoms with E-state index >= 15 is 0 Å². The highest BCUT2D eigenvalue weighted by atomic mass is 32.2. The number of allylic oxidation sites excluding steroid dienone is 2. The molecular formula is C38H51N5O7S2. The third-order valence-corrected chi connectivity index (χ3v) is 13.0. The van der Waals surface area contributed by atoms with E-state index in [0.717, 1.165) is 28.6 Å². The fourth-order valence-corrected chi connectivity index (χ4v) is 9.76. The predicted octanol–water partition coefficient (Wildman–Crippen LogP) is 3.75. The molecule has 1 unspecified atom stereocenters. The van der Waals surface area contributed by atoms with Crippen LogP contribution in [0, 0.1) is 5.92 Å². The Morgan fingerprint density at radius 2 is 1.75 bits per heavy atom. The number of unbranched alkanes of at least 4 members (excludes halogenated alkanes) is 1. The number of fused-ring (bicyclic) bond motifs is 2. The van der Waals surface area contributed by atoms with Crippen LogP contribution in [0.15, 0.2) is 94.4 Å². The number of carbonyl (C=O) groups excluding carboxylic acids is 1. The second kappa shape index (κ2) is 17.4. The van der Waals surface area contributed by atoms with Crippen LogP contribution >= 0.6 is 0 Å². The third-order valence-electron chi connectivity index (χ3n) is 9.47. The van der Waals surface area contributed by atoms with Gasteiger partial charge in [-0.05, 0) is 77.9 Å². The first kappa shape index (κ1) is 39.4. The number of sulfonamides is 2. The van der Waals surface area contributed by atoms with Crippen LogP contribution in [-0.2, 0) is 36.0 Å². The lowest BCUT2D eigenvalue weighted by Gasteiger charge is -2.36. The van der Waals surface area contributed by atoms with Crippen molar-refractivity contribution in [2.24, 2.45) is 5.92 Å². The summed E-state index contributed by atoms with van der Waals surface area (Å²) < 4.78 is 64.6. The molecule has 0 aromatic heterocycles. The van der Waals surface area contributed by atoms with Crippen molar-refractivity contribution in [3.63, 3.8) is 0 Å². The quantitative estimate of drug-likeness (QED) is 0.118. The summed E-state index contributed by atoms with van der Waals surface area (Å²) in [5, 5.41) is 15.2. The Balaban J connectivity index is 1.25. The van der Waals surface area contributed by atoms with Gasteiger partial charge in [-0.15, -0.1) is 0 Å². The second-order valence-corrected chi connectivity index (χ2v) is 17.6. The molecule has 1 aliphatic carbocycles. The van der Waals surface area contributed by atoms with E-state index in [9.17, 15) is 26.7 Å². The lowest BCUT2D eigenvalue weighted by molar-refractivity contribution is -0.122. The SMILES string of the molecule is CC(C)CN([C@H](CO)CCCCNC(=O)[C@H](Cc1ccc2ccccc2c1)NS(=O)(=O)C1=CC=C2C(C1)OCCN2C)S(=O)(=O)c1ccc(N)cc1. The fourth-order valence-electron chi connectivity index (χ4n) is 6.62. The molecule has 0 radical (unpaired) electrons. The molecule has 1 aliphatic heterocycles. The Bertz CT molecular complexity index is 1980. The van der Waals surface area contributed by atoms with Crippen LogP contribution in [0.2, 0.25) is 0 Å². The minimum absolute atomic E-state index is 0.0131. The lowest BCUT2D eigenvalue weighted by Crippen LogP contribution is -2.49. The molecule has 3 atom stereocenters. The standard InChI is InChI=1S/C38H51N5O7S2/c1-27(2)25-43(52(48,49)33-15-13-31(39)14-16-33)32(26-44)10-6-7-19-40-38(45)35(23-28-11-12-29-8-4-5-9-30(29)22-28)41-51(46,47)34-17-18-36-37(24-34)50-21-20-42(36)3/h4-5,8-9,11-18,22,27,32,35,37,41,44H,6-7,10,19-21,23-26,39H2,1-3H3,(H,40,45)/t32-,35-,37?/m0/s1. The van der Waals surface area contributed by atoms with E-state index in [2.05, 4.69) is 14.9 Å². The van der Waals surface area contributed by atoms with E-state index in [1.807, 2.05) is 63.4 Å². The van der Waals surface area contributed by atoms with Gasteiger partial charge >= 0.3 is 0 Å². The van der Waals surface area contributed by atoms with E-state index in [1.165, 1.54) is 28.6 Å². The maximum Gasteiger partial charge on any atom is 0.243 e. The molecule has 5 rings (SSSR count). The smallest absolute Gasteiger partial charge is 0.243 e. The molecule has 3 aromatic rings. The van der Waals surface area contributed by atoms with Gasteiger partial charge in [-0.3, -0.25) is 4.79 Å². The summed E-state index contributed by atoms with van der Waals surface area (Å²) in [4.78, 5) is 16.0. The van der Waals surface area contributed by atoms with Crippen molar-refractivity contribution in [2.75, 3.05) is 45.6 Å². The van der Waals surface area contributed by atoms with E-state index in [4.69, 9.17) is 10.5 Å². The molecule has 0 spiro atoms. The van der Waals surface area contributed by atoms with Gasteiger partial charge in [-0.25, -0.2) is 16.8 Å². The maximum atomic E-state index is 13.7. The molecule has 1 amide bonds. The number of rotatable bonds is 17. The van der Waals surface area contributed by atoms with Crippen molar-refractivity contribution >= 4 is 42.4 Å². The Morgan fingerprint density at radius 3 is 2.46 bits per heavy atom. The van der Waals surface area contributed by atoms with Crippen molar-refractivity contribution in [1.29, 1.82) is 0 Å². The summed E-state index contributed by atoms with van der Waals surface area (Å²) in [6.45, 7) is 5.15. The summed E-state index contributed by atoms with van der Waals surface area (Å²) in [6.07, 6.45) is 4.64. The van der Waals surface area contributed by atoms with Crippen LogP contribution in [0.4, 0.5) is 5.69 Å². The average molecular weight is 754 g/mol. The molecule has 1 saturated heterocycles.